The molecule has 2 heteroatoms. The van der Waals surface area contributed by atoms with Gasteiger partial charge in [-0.25, -0.2) is 0 Å². The first kappa shape index (κ1) is 14.7. The van der Waals surface area contributed by atoms with Crippen LogP contribution < -0.4 is 0 Å². The average Bonchev–Trinajstić information content (AvgIpc) is 2.53. The summed E-state index contributed by atoms with van der Waals surface area (Å²) in [6.45, 7) is 2.11. The zero-order valence-electron chi connectivity index (χ0n) is 11.8. The van der Waals surface area contributed by atoms with Crippen LogP contribution in [0.5, 0.6) is 0 Å². The molecule has 102 valence electrons. The van der Waals surface area contributed by atoms with Crippen molar-refractivity contribution in [1.29, 1.82) is 0 Å². The minimum atomic E-state index is -0.735. The van der Waals surface area contributed by atoms with Crippen molar-refractivity contribution in [2.24, 2.45) is 0 Å². The number of hydrogen-bond donors (Lipinski definition) is 1. The van der Waals surface area contributed by atoms with Gasteiger partial charge in [0, 0.05) is 10.5 Å². The van der Waals surface area contributed by atoms with Gasteiger partial charge in [-0.05, 0) is 48.1 Å². The topological polar surface area (TPSA) is 20.2 Å². The smallest absolute Gasteiger partial charge is 0.140 e. The van der Waals surface area contributed by atoms with E-state index < -0.39 is 6.10 Å². The summed E-state index contributed by atoms with van der Waals surface area (Å²) in [5.74, 6) is 5.90. The first-order valence-corrected chi connectivity index (χ1v) is 7.88. The third-order valence-electron chi connectivity index (χ3n) is 3.15. The first-order valence-electron chi connectivity index (χ1n) is 6.65. The van der Waals surface area contributed by atoms with Crippen molar-refractivity contribution >= 4 is 11.8 Å². The predicted octanol–water partition coefficient (Wildman–Crippen LogP) is 4.06. The summed E-state index contributed by atoms with van der Waals surface area (Å²) in [5.41, 5.74) is 3.03. The summed E-state index contributed by atoms with van der Waals surface area (Å²) >= 11 is 1.70. The van der Waals surface area contributed by atoms with Gasteiger partial charge in [-0.1, -0.05) is 43.0 Å². The Kier molecular flexibility index (Phi) is 5.29. The molecule has 0 saturated carbocycles. The normalized spacial score (nSPS) is 11.6. The van der Waals surface area contributed by atoms with E-state index in [1.165, 1.54) is 10.5 Å². The number of hydrogen-bond acceptors (Lipinski definition) is 2. The molecule has 0 fully saturated rings. The lowest BCUT2D eigenvalue weighted by Crippen LogP contribution is -1.94. The fourth-order valence-corrected chi connectivity index (χ4v) is 2.25. The van der Waals surface area contributed by atoms with E-state index in [4.69, 9.17) is 0 Å². The summed E-state index contributed by atoms with van der Waals surface area (Å²) < 4.78 is 0. The molecule has 0 heterocycles. The summed E-state index contributed by atoms with van der Waals surface area (Å²) in [4.78, 5) is 1.21. The molecule has 1 N–H and O–H groups in total. The third kappa shape index (κ3) is 3.90. The average molecular weight is 282 g/mol. The minimum Gasteiger partial charge on any atom is -0.376 e. The Balaban J connectivity index is 2.09. The molecule has 0 aromatic heterocycles. The summed E-state index contributed by atoms with van der Waals surface area (Å²) in [6.07, 6.45) is 2.31. The van der Waals surface area contributed by atoms with E-state index in [2.05, 4.69) is 18.8 Å². The van der Waals surface area contributed by atoms with Gasteiger partial charge in [-0.2, -0.15) is 0 Å². The van der Waals surface area contributed by atoms with Gasteiger partial charge in [-0.15, -0.1) is 11.8 Å². The second kappa shape index (κ2) is 7.19. The quantitative estimate of drug-likeness (QED) is 0.677. The van der Waals surface area contributed by atoms with E-state index in [0.717, 1.165) is 17.5 Å². The molecule has 0 aliphatic carbocycles. The number of aryl methyl sites for hydroxylation is 1. The highest BCUT2D eigenvalue weighted by Gasteiger charge is 2.02. The van der Waals surface area contributed by atoms with Gasteiger partial charge < -0.3 is 5.11 Å². The standard InChI is InChI=1S/C18H18OS/c1-3-14-4-9-16(10-5-14)18(19)13-8-15-6-11-17(20-2)12-7-15/h4-7,9-12,18-19H,3H2,1-2H3. The van der Waals surface area contributed by atoms with Crippen molar-refractivity contribution in [2.45, 2.75) is 24.3 Å². The highest BCUT2D eigenvalue weighted by molar-refractivity contribution is 7.98. The lowest BCUT2D eigenvalue weighted by molar-refractivity contribution is 0.238. The monoisotopic (exact) mass is 282 g/mol. The lowest BCUT2D eigenvalue weighted by atomic mass is 10.1. The van der Waals surface area contributed by atoms with Crippen molar-refractivity contribution in [2.75, 3.05) is 6.26 Å². The number of aliphatic hydroxyl groups is 1. The van der Waals surface area contributed by atoms with Crippen LogP contribution in [0.4, 0.5) is 0 Å². The number of rotatable bonds is 3. The molecule has 2 rings (SSSR count). The molecule has 0 bridgehead atoms. The maximum Gasteiger partial charge on any atom is 0.140 e. The lowest BCUT2D eigenvalue weighted by Gasteiger charge is -2.04. The molecular weight excluding hydrogens is 264 g/mol. The predicted molar refractivity (Wildman–Crippen MR) is 85.9 cm³/mol. The maximum absolute atomic E-state index is 10.1. The van der Waals surface area contributed by atoms with E-state index in [9.17, 15) is 5.11 Å². The Hall–Kier alpha value is -1.69. The van der Waals surface area contributed by atoms with E-state index >= 15 is 0 Å². The maximum atomic E-state index is 10.1. The highest BCUT2D eigenvalue weighted by atomic mass is 32.2. The Labute approximate surface area is 125 Å². The van der Waals surface area contributed by atoms with Crippen LogP contribution in [0.2, 0.25) is 0 Å². The van der Waals surface area contributed by atoms with Crippen molar-refractivity contribution < 1.29 is 5.11 Å². The molecule has 1 nitrogen and oxygen atoms in total. The van der Waals surface area contributed by atoms with Crippen molar-refractivity contribution in [3.05, 3.63) is 65.2 Å². The van der Waals surface area contributed by atoms with Gasteiger partial charge in [0.1, 0.15) is 6.10 Å². The molecule has 1 unspecified atom stereocenters. The molecule has 20 heavy (non-hydrogen) atoms. The van der Waals surface area contributed by atoms with E-state index in [1.807, 2.05) is 54.8 Å². The van der Waals surface area contributed by atoms with Gasteiger partial charge in [0.15, 0.2) is 0 Å². The highest BCUT2D eigenvalue weighted by Crippen LogP contribution is 2.16. The van der Waals surface area contributed by atoms with Crippen LogP contribution in [-0.2, 0) is 6.42 Å². The fourth-order valence-electron chi connectivity index (χ4n) is 1.85. The molecule has 1 atom stereocenters. The Morgan fingerprint density at radius 1 is 1.05 bits per heavy atom. The number of aliphatic hydroxyl groups excluding tert-OH is 1. The van der Waals surface area contributed by atoms with Crippen LogP contribution in [0.1, 0.15) is 29.7 Å². The SMILES string of the molecule is CCc1ccc(C(O)C#Cc2ccc(SC)cc2)cc1. The Morgan fingerprint density at radius 2 is 1.70 bits per heavy atom. The summed E-state index contributed by atoms with van der Waals surface area (Å²) in [7, 11) is 0. The van der Waals surface area contributed by atoms with Gasteiger partial charge in [-0.3, -0.25) is 0 Å². The van der Waals surface area contributed by atoms with Gasteiger partial charge in [0.25, 0.3) is 0 Å². The van der Waals surface area contributed by atoms with E-state index in [1.54, 1.807) is 11.8 Å². The molecule has 0 radical (unpaired) electrons. The molecule has 0 aliphatic heterocycles. The molecule has 2 aromatic rings. The Bertz CT molecular complexity index is 603. The number of benzene rings is 2. The van der Waals surface area contributed by atoms with E-state index in [0.29, 0.717) is 0 Å². The third-order valence-corrected chi connectivity index (χ3v) is 3.89. The zero-order valence-corrected chi connectivity index (χ0v) is 12.6. The molecule has 2 aromatic carbocycles. The van der Waals surface area contributed by atoms with Gasteiger partial charge >= 0.3 is 0 Å². The second-order valence-electron chi connectivity index (χ2n) is 4.50. The van der Waals surface area contributed by atoms with Crippen molar-refractivity contribution in [3.8, 4) is 11.8 Å². The largest absolute Gasteiger partial charge is 0.376 e. The van der Waals surface area contributed by atoms with Crippen LogP contribution in [0, 0.1) is 11.8 Å². The van der Waals surface area contributed by atoms with Crippen LogP contribution in [0.15, 0.2) is 53.4 Å². The number of thioether (sulfide) groups is 1. The summed E-state index contributed by atoms with van der Waals surface area (Å²) in [6, 6.07) is 16.0. The molecule has 0 spiro atoms. The summed E-state index contributed by atoms with van der Waals surface area (Å²) in [5, 5.41) is 10.1. The molecule has 0 saturated heterocycles. The minimum absolute atomic E-state index is 0.735. The van der Waals surface area contributed by atoms with Crippen LogP contribution >= 0.6 is 11.8 Å². The van der Waals surface area contributed by atoms with Crippen LogP contribution in [0.3, 0.4) is 0 Å². The molecule has 0 amide bonds. The van der Waals surface area contributed by atoms with Gasteiger partial charge in [0.05, 0.1) is 0 Å². The first-order chi connectivity index (χ1) is 9.72. The fraction of sp³-hybridized carbons (Fsp3) is 0.222. The second-order valence-corrected chi connectivity index (χ2v) is 5.38. The zero-order chi connectivity index (χ0) is 14.4. The molecular formula is C18H18OS. The van der Waals surface area contributed by atoms with Crippen molar-refractivity contribution in [3.63, 3.8) is 0 Å². The van der Waals surface area contributed by atoms with Gasteiger partial charge in [0.2, 0.25) is 0 Å². The van der Waals surface area contributed by atoms with Crippen LogP contribution in [0.25, 0.3) is 0 Å². The van der Waals surface area contributed by atoms with Crippen molar-refractivity contribution in [1.82, 2.24) is 0 Å². The van der Waals surface area contributed by atoms with Crippen LogP contribution in [-0.4, -0.2) is 11.4 Å². The molecule has 0 aliphatic rings. The van der Waals surface area contributed by atoms with E-state index in [-0.39, 0.29) is 0 Å². The Morgan fingerprint density at radius 3 is 2.25 bits per heavy atom.